The molecule has 0 aliphatic carbocycles. The van der Waals surface area contributed by atoms with Gasteiger partial charge in [-0.05, 0) is 57.0 Å². The predicted octanol–water partition coefficient (Wildman–Crippen LogP) is 4.92. The smallest absolute Gasteiger partial charge is 0.264 e. The summed E-state index contributed by atoms with van der Waals surface area (Å²) in [5, 5.41) is 2.81. The second-order valence-electron chi connectivity index (χ2n) is 10.2. The molecule has 41 heavy (non-hydrogen) atoms. The van der Waals surface area contributed by atoms with E-state index in [9.17, 15) is 22.4 Å². The van der Waals surface area contributed by atoms with Crippen LogP contribution < -0.4 is 14.4 Å². The highest BCUT2D eigenvalue weighted by molar-refractivity contribution is 7.92. The molecular weight excluding hydrogens is 545 g/mol. The van der Waals surface area contributed by atoms with E-state index in [2.05, 4.69) is 5.32 Å². The Morgan fingerprint density at radius 2 is 1.59 bits per heavy atom. The number of para-hydroxylation sites is 2. The van der Waals surface area contributed by atoms with E-state index < -0.39 is 40.2 Å². The van der Waals surface area contributed by atoms with Crippen molar-refractivity contribution in [2.24, 2.45) is 5.92 Å². The Labute approximate surface area is 242 Å². The summed E-state index contributed by atoms with van der Waals surface area (Å²) in [5.74, 6) is -1.19. The van der Waals surface area contributed by atoms with Gasteiger partial charge in [-0.2, -0.15) is 0 Å². The molecule has 0 bridgehead atoms. The van der Waals surface area contributed by atoms with Gasteiger partial charge in [0.15, 0.2) is 0 Å². The molecule has 8 nitrogen and oxygen atoms in total. The summed E-state index contributed by atoms with van der Waals surface area (Å²) in [7, 11) is -4.26. The number of rotatable bonds is 13. The first-order chi connectivity index (χ1) is 19.4. The van der Waals surface area contributed by atoms with Crippen molar-refractivity contribution in [1.29, 1.82) is 0 Å². The maximum absolute atomic E-state index is 14.7. The third kappa shape index (κ3) is 8.07. The summed E-state index contributed by atoms with van der Waals surface area (Å²) in [6, 6.07) is 17.8. The van der Waals surface area contributed by atoms with Crippen molar-refractivity contribution in [2.45, 2.75) is 52.1 Å². The zero-order valence-electron chi connectivity index (χ0n) is 24.1. The van der Waals surface area contributed by atoms with Crippen LogP contribution in [0.1, 0.15) is 38.8 Å². The average Bonchev–Trinajstić information content (AvgIpc) is 2.94. The van der Waals surface area contributed by atoms with Gasteiger partial charge < -0.3 is 15.0 Å². The van der Waals surface area contributed by atoms with Crippen LogP contribution in [0, 0.1) is 18.7 Å². The minimum absolute atomic E-state index is 0.00872. The van der Waals surface area contributed by atoms with E-state index in [0.29, 0.717) is 6.54 Å². The van der Waals surface area contributed by atoms with E-state index in [1.165, 1.54) is 35.2 Å². The zero-order chi connectivity index (χ0) is 30.2. The van der Waals surface area contributed by atoms with Crippen LogP contribution in [0.3, 0.4) is 0 Å². The molecule has 0 aliphatic heterocycles. The van der Waals surface area contributed by atoms with Crippen LogP contribution in [0.5, 0.6) is 5.75 Å². The summed E-state index contributed by atoms with van der Waals surface area (Å²) in [5.41, 5.74) is 1.25. The lowest BCUT2D eigenvalue weighted by Gasteiger charge is -2.32. The van der Waals surface area contributed by atoms with Crippen molar-refractivity contribution in [3.63, 3.8) is 0 Å². The molecule has 1 atom stereocenters. The van der Waals surface area contributed by atoms with E-state index in [1.54, 1.807) is 56.3 Å². The normalized spacial score (nSPS) is 12.1. The number of nitrogens with zero attached hydrogens (tertiary/aromatic N) is 2. The van der Waals surface area contributed by atoms with Crippen molar-refractivity contribution in [2.75, 3.05) is 24.0 Å². The lowest BCUT2D eigenvalue weighted by atomic mass is 10.1. The highest BCUT2D eigenvalue weighted by Crippen LogP contribution is 2.33. The zero-order valence-corrected chi connectivity index (χ0v) is 24.9. The van der Waals surface area contributed by atoms with Crippen molar-refractivity contribution in [1.82, 2.24) is 10.2 Å². The molecular formula is C31H38FN3O5S. The molecule has 0 radical (unpaired) electrons. The number of anilines is 1. The van der Waals surface area contributed by atoms with E-state index in [1.807, 2.05) is 20.8 Å². The van der Waals surface area contributed by atoms with Gasteiger partial charge in [-0.25, -0.2) is 12.8 Å². The van der Waals surface area contributed by atoms with Crippen LogP contribution in [0.15, 0.2) is 77.7 Å². The van der Waals surface area contributed by atoms with Gasteiger partial charge in [0.25, 0.3) is 10.0 Å². The second-order valence-corrected chi connectivity index (χ2v) is 12.0. The first-order valence-electron chi connectivity index (χ1n) is 13.6. The van der Waals surface area contributed by atoms with Crippen LogP contribution >= 0.6 is 0 Å². The number of ether oxygens (including phenoxy) is 1. The maximum atomic E-state index is 14.7. The quantitative estimate of drug-likeness (QED) is 0.308. The van der Waals surface area contributed by atoms with Gasteiger partial charge in [0, 0.05) is 18.7 Å². The summed E-state index contributed by atoms with van der Waals surface area (Å²) < 4.78 is 49.4. The lowest BCUT2D eigenvalue weighted by Crippen LogP contribution is -2.51. The number of nitrogens with one attached hydrogen (secondary N) is 1. The molecule has 0 saturated heterocycles. The number of benzene rings is 3. The molecule has 0 aromatic heterocycles. The summed E-state index contributed by atoms with van der Waals surface area (Å²) in [6.07, 6.45) is 0. The van der Waals surface area contributed by atoms with Crippen LogP contribution in [0.4, 0.5) is 10.1 Å². The molecule has 0 heterocycles. The summed E-state index contributed by atoms with van der Waals surface area (Å²) in [4.78, 5) is 28.3. The molecule has 3 aromatic rings. The fraction of sp³-hybridized carbons (Fsp3) is 0.355. The molecule has 2 amide bonds. The lowest BCUT2D eigenvalue weighted by molar-refractivity contribution is -0.139. The topological polar surface area (TPSA) is 96.0 Å². The Hall–Kier alpha value is -3.92. The Bertz CT molecular complexity index is 1440. The Morgan fingerprint density at radius 1 is 0.951 bits per heavy atom. The van der Waals surface area contributed by atoms with Gasteiger partial charge in [0.05, 0.1) is 17.2 Å². The fourth-order valence-electron chi connectivity index (χ4n) is 4.14. The number of sulfonamides is 1. The molecule has 220 valence electrons. The van der Waals surface area contributed by atoms with Gasteiger partial charge in [-0.15, -0.1) is 0 Å². The fourth-order valence-corrected chi connectivity index (χ4v) is 5.56. The minimum atomic E-state index is -4.26. The molecule has 1 N–H and O–H groups in total. The Balaban J connectivity index is 2.07. The van der Waals surface area contributed by atoms with Crippen molar-refractivity contribution in [3.05, 3.63) is 89.7 Å². The molecule has 3 rings (SSSR count). The predicted molar refractivity (Wildman–Crippen MR) is 158 cm³/mol. The van der Waals surface area contributed by atoms with E-state index in [4.69, 9.17) is 4.74 Å². The van der Waals surface area contributed by atoms with E-state index in [0.717, 1.165) is 9.87 Å². The highest BCUT2D eigenvalue weighted by atomic mass is 32.2. The van der Waals surface area contributed by atoms with E-state index in [-0.39, 0.29) is 41.0 Å². The summed E-state index contributed by atoms with van der Waals surface area (Å²) in [6.45, 7) is 8.83. The SMILES string of the molecule is CCOc1ccccc1N(CC(=O)N(Cc1ccccc1F)C(C)C(=O)NCC(C)C)S(=O)(=O)c1ccc(C)cc1. The van der Waals surface area contributed by atoms with Crippen molar-refractivity contribution in [3.8, 4) is 5.75 Å². The third-order valence-corrected chi connectivity index (χ3v) is 8.25. The van der Waals surface area contributed by atoms with Crippen LogP contribution in [-0.2, 0) is 26.2 Å². The largest absolute Gasteiger partial charge is 0.492 e. The van der Waals surface area contributed by atoms with Gasteiger partial charge in [-0.1, -0.05) is 61.9 Å². The monoisotopic (exact) mass is 583 g/mol. The third-order valence-electron chi connectivity index (χ3n) is 6.47. The number of hydrogen-bond acceptors (Lipinski definition) is 5. The van der Waals surface area contributed by atoms with Crippen molar-refractivity contribution >= 4 is 27.5 Å². The molecule has 3 aromatic carbocycles. The first-order valence-corrected chi connectivity index (χ1v) is 15.0. The van der Waals surface area contributed by atoms with Crippen LogP contribution in [0.25, 0.3) is 0 Å². The van der Waals surface area contributed by atoms with Gasteiger partial charge in [0.1, 0.15) is 24.2 Å². The maximum Gasteiger partial charge on any atom is 0.264 e. The molecule has 10 heteroatoms. The number of hydrogen-bond donors (Lipinski definition) is 1. The second kappa shape index (κ2) is 14.1. The number of carbonyl (C=O) groups is 2. The van der Waals surface area contributed by atoms with E-state index >= 15 is 0 Å². The van der Waals surface area contributed by atoms with Gasteiger partial charge in [0.2, 0.25) is 11.8 Å². The van der Waals surface area contributed by atoms with Crippen molar-refractivity contribution < 1.29 is 27.1 Å². The molecule has 1 unspecified atom stereocenters. The summed E-state index contributed by atoms with van der Waals surface area (Å²) >= 11 is 0. The number of aryl methyl sites for hydroxylation is 1. The number of amides is 2. The minimum Gasteiger partial charge on any atom is -0.492 e. The Morgan fingerprint density at radius 3 is 2.22 bits per heavy atom. The standard InChI is InChI=1S/C31H38FN3O5S/c1-6-40-29-14-10-9-13-28(29)35(41(38,39)26-17-15-23(4)16-18-26)21-30(36)34(20-25-11-7-8-12-27(25)32)24(5)31(37)33-19-22(2)3/h7-18,22,24H,6,19-21H2,1-5H3,(H,33,37). The van der Waals surface area contributed by atoms with Gasteiger partial charge in [-0.3, -0.25) is 13.9 Å². The van der Waals surface area contributed by atoms with Crippen LogP contribution in [-0.4, -0.2) is 50.9 Å². The molecule has 0 saturated carbocycles. The van der Waals surface area contributed by atoms with Crippen LogP contribution in [0.2, 0.25) is 0 Å². The molecule has 0 aliphatic rings. The Kier molecular flexibility index (Phi) is 10.9. The molecule has 0 spiro atoms. The average molecular weight is 584 g/mol. The van der Waals surface area contributed by atoms with Gasteiger partial charge >= 0.3 is 0 Å². The number of halogens is 1. The molecule has 0 fully saturated rings. The highest BCUT2D eigenvalue weighted by Gasteiger charge is 2.34. The first kappa shape index (κ1) is 31.6. The number of carbonyl (C=O) groups excluding carboxylic acids is 2.